The molecule has 3 N–H and O–H groups in total. The van der Waals surface area contributed by atoms with Crippen LogP contribution >= 0.6 is 0 Å². The van der Waals surface area contributed by atoms with Crippen LogP contribution in [0.15, 0.2) is 6.33 Å². The lowest BCUT2D eigenvalue weighted by Crippen LogP contribution is -2.53. The van der Waals surface area contributed by atoms with E-state index in [0.29, 0.717) is 19.4 Å². The van der Waals surface area contributed by atoms with Gasteiger partial charge >= 0.3 is 5.97 Å². The summed E-state index contributed by atoms with van der Waals surface area (Å²) in [6, 6.07) is 0. The molecule has 2 rings (SSSR count). The molecule has 1 aliphatic heterocycles. The highest BCUT2D eigenvalue weighted by Crippen LogP contribution is 2.24. The highest BCUT2D eigenvalue weighted by atomic mass is 16.4. The van der Waals surface area contributed by atoms with Crippen LogP contribution in [0.5, 0.6) is 0 Å². The fourth-order valence-corrected chi connectivity index (χ4v) is 1.82. The van der Waals surface area contributed by atoms with Gasteiger partial charge in [-0.15, -0.1) is 0 Å². The first-order chi connectivity index (χ1) is 6.53. The van der Waals surface area contributed by atoms with Gasteiger partial charge in [-0.3, -0.25) is 4.79 Å². The molecule has 0 spiro atoms. The van der Waals surface area contributed by atoms with Crippen molar-refractivity contribution in [2.45, 2.75) is 31.8 Å². The standard InChI is InChI=1S/C9H13N3O2/c1-6-7-4-9(10,8(13)14)2-3-12(7)5-11-6/h5H,2-4,10H2,1H3,(H,13,14). The average Bonchev–Trinajstić information content (AvgIpc) is 2.48. The van der Waals surface area contributed by atoms with Crippen LogP contribution in [-0.4, -0.2) is 26.2 Å². The van der Waals surface area contributed by atoms with Crippen LogP contribution in [0, 0.1) is 6.92 Å². The third-order valence-electron chi connectivity index (χ3n) is 2.86. The Balaban J connectivity index is 2.37. The van der Waals surface area contributed by atoms with E-state index in [1.54, 1.807) is 6.33 Å². The maximum Gasteiger partial charge on any atom is 0.324 e. The van der Waals surface area contributed by atoms with Crippen molar-refractivity contribution in [2.75, 3.05) is 0 Å². The van der Waals surface area contributed by atoms with E-state index < -0.39 is 11.5 Å². The van der Waals surface area contributed by atoms with Gasteiger partial charge in [-0.25, -0.2) is 4.98 Å². The van der Waals surface area contributed by atoms with E-state index in [4.69, 9.17) is 10.8 Å². The van der Waals surface area contributed by atoms with Gasteiger partial charge in [0.1, 0.15) is 5.54 Å². The molecular formula is C9H13N3O2. The quantitative estimate of drug-likeness (QED) is 0.656. The van der Waals surface area contributed by atoms with Crippen LogP contribution in [-0.2, 0) is 17.8 Å². The molecule has 0 fully saturated rings. The number of carboxylic acids is 1. The molecule has 0 aromatic carbocycles. The average molecular weight is 195 g/mol. The van der Waals surface area contributed by atoms with Crippen molar-refractivity contribution in [3.8, 4) is 0 Å². The predicted octanol–water partition coefficient (Wildman–Crippen LogP) is -0.0802. The van der Waals surface area contributed by atoms with Gasteiger partial charge in [-0.05, 0) is 13.3 Å². The molecule has 0 amide bonds. The van der Waals surface area contributed by atoms with Crippen LogP contribution in [0.25, 0.3) is 0 Å². The Kier molecular flexibility index (Phi) is 1.85. The number of nitrogens with zero attached hydrogens (tertiary/aromatic N) is 2. The fourth-order valence-electron chi connectivity index (χ4n) is 1.82. The second-order valence-corrected chi connectivity index (χ2v) is 3.86. The van der Waals surface area contributed by atoms with E-state index in [1.165, 1.54) is 0 Å². The van der Waals surface area contributed by atoms with Gasteiger partial charge in [0.15, 0.2) is 0 Å². The molecule has 1 unspecified atom stereocenters. The summed E-state index contributed by atoms with van der Waals surface area (Å²) < 4.78 is 1.98. The summed E-state index contributed by atoms with van der Waals surface area (Å²) in [7, 11) is 0. The van der Waals surface area contributed by atoms with Crippen molar-refractivity contribution in [3.63, 3.8) is 0 Å². The minimum absolute atomic E-state index is 0.369. The third-order valence-corrected chi connectivity index (χ3v) is 2.86. The van der Waals surface area contributed by atoms with Gasteiger partial charge < -0.3 is 15.4 Å². The monoisotopic (exact) mass is 195 g/mol. The van der Waals surface area contributed by atoms with Crippen LogP contribution < -0.4 is 5.73 Å². The number of carbonyl (C=O) groups is 1. The molecule has 1 aliphatic rings. The topological polar surface area (TPSA) is 81.1 Å². The van der Waals surface area contributed by atoms with Crippen LogP contribution in [0.4, 0.5) is 0 Å². The lowest BCUT2D eigenvalue weighted by Gasteiger charge is -2.30. The SMILES string of the molecule is Cc1ncn2c1CC(N)(C(=O)O)CC2. The Morgan fingerprint density at radius 2 is 2.50 bits per heavy atom. The zero-order valence-electron chi connectivity index (χ0n) is 8.03. The molecule has 1 aromatic heterocycles. The van der Waals surface area contributed by atoms with Crippen molar-refractivity contribution < 1.29 is 9.90 Å². The smallest absolute Gasteiger partial charge is 0.324 e. The number of aromatic nitrogens is 2. The van der Waals surface area contributed by atoms with E-state index in [9.17, 15) is 4.79 Å². The van der Waals surface area contributed by atoms with Crippen LogP contribution in [0.2, 0.25) is 0 Å². The molecule has 5 nitrogen and oxygen atoms in total. The minimum atomic E-state index is -1.11. The summed E-state index contributed by atoms with van der Waals surface area (Å²) in [6.07, 6.45) is 2.57. The number of fused-ring (bicyclic) bond motifs is 1. The molecular weight excluding hydrogens is 182 g/mol. The van der Waals surface area contributed by atoms with Gasteiger partial charge in [0.2, 0.25) is 0 Å². The summed E-state index contributed by atoms with van der Waals surface area (Å²) in [6.45, 7) is 2.51. The van der Waals surface area contributed by atoms with Crippen molar-refractivity contribution in [1.82, 2.24) is 9.55 Å². The van der Waals surface area contributed by atoms with E-state index in [0.717, 1.165) is 11.4 Å². The van der Waals surface area contributed by atoms with E-state index in [1.807, 2.05) is 11.5 Å². The Labute approximate surface area is 81.5 Å². The van der Waals surface area contributed by atoms with E-state index in [-0.39, 0.29) is 0 Å². The first-order valence-corrected chi connectivity index (χ1v) is 4.56. The molecule has 76 valence electrons. The maximum absolute atomic E-state index is 11.0. The highest BCUT2D eigenvalue weighted by molar-refractivity contribution is 5.79. The van der Waals surface area contributed by atoms with Gasteiger partial charge in [0.05, 0.1) is 12.0 Å². The zero-order valence-corrected chi connectivity index (χ0v) is 8.03. The summed E-state index contributed by atoms with van der Waals surface area (Å²) in [5.41, 5.74) is 6.52. The Morgan fingerprint density at radius 1 is 1.79 bits per heavy atom. The second-order valence-electron chi connectivity index (χ2n) is 3.86. The van der Waals surface area contributed by atoms with E-state index >= 15 is 0 Å². The normalized spacial score (nSPS) is 25.9. The van der Waals surface area contributed by atoms with Crippen molar-refractivity contribution in [1.29, 1.82) is 0 Å². The number of rotatable bonds is 1. The molecule has 0 saturated heterocycles. The number of nitrogens with two attached hydrogens (primary N) is 1. The van der Waals surface area contributed by atoms with Crippen molar-refractivity contribution in [2.24, 2.45) is 5.73 Å². The molecule has 5 heteroatoms. The first kappa shape index (κ1) is 9.21. The molecule has 2 heterocycles. The zero-order chi connectivity index (χ0) is 10.3. The summed E-state index contributed by atoms with van der Waals surface area (Å²) >= 11 is 0. The van der Waals surface area contributed by atoms with Crippen molar-refractivity contribution >= 4 is 5.97 Å². The molecule has 0 radical (unpaired) electrons. The van der Waals surface area contributed by atoms with Crippen LogP contribution in [0.3, 0.4) is 0 Å². The molecule has 0 aliphatic carbocycles. The van der Waals surface area contributed by atoms with Gasteiger partial charge in [0.25, 0.3) is 0 Å². The maximum atomic E-state index is 11.0. The van der Waals surface area contributed by atoms with Gasteiger partial charge in [-0.2, -0.15) is 0 Å². The number of aliphatic carboxylic acids is 1. The van der Waals surface area contributed by atoms with Crippen LogP contribution in [0.1, 0.15) is 17.8 Å². The Hall–Kier alpha value is -1.36. The third kappa shape index (κ3) is 1.21. The minimum Gasteiger partial charge on any atom is -0.480 e. The summed E-state index contributed by atoms with van der Waals surface area (Å²) in [4.78, 5) is 15.1. The molecule has 0 bridgehead atoms. The predicted molar refractivity (Wildman–Crippen MR) is 49.8 cm³/mol. The van der Waals surface area contributed by atoms with Crippen molar-refractivity contribution in [3.05, 3.63) is 17.7 Å². The largest absolute Gasteiger partial charge is 0.480 e. The molecule has 14 heavy (non-hydrogen) atoms. The summed E-state index contributed by atoms with van der Waals surface area (Å²) in [5.74, 6) is -0.927. The first-order valence-electron chi connectivity index (χ1n) is 4.56. The lowest BCUT2D eigenvalue weighted by atomic mass is 9.87. The number of hydrogen-bond donors (Lipinski definition) is 2. The number of hydrogen-bond acceptors (Lipinski definition) is 3. The number of imidazole rings is 1. The number of carboxylic acid groups (broad SMARTS) is 1. The molecule has 0 saturated carbocycles. The Morgan fingerprint density at radius 3 is 3.14 bits per heavy atom. The second kappa shape index (κ2) is 2.81. The van der Waals surface area contributed by atoms with Gasteiger partial charge in [-0.1, -0.05) is 0 Å². The van der Waals surface area contributed by atoms with E-state index in [2.05, 4.69) is 4.98 Å². The molecule has 1 atom stereocenters. The number of aryl methyl sites for hydroxylation is 2. The summed E-state index contributed by atoms with van der Waals surface area (Å²) in [5, 5.41) is 9.00. The fraction of sp³-hybridized carbons (Fsp3) is 0.556. The lowest BCUT2D eigenvalue weighted by molar-refractivity contribution is -0.144. The highest BCUT2D eigenvalue weighted by Gasteiger charge is 2.38. The molecule has 1 aromatic rings. The Bertz CT molecular complexity index is 385. The van der Waals surface area contributed by atoms with Gasteiger partial charge in [0, 0.05) is 18.7 Å².